The smallest absolute Gasteiger partial charge is 0.408 e. The van der Waals surface area contributed by atoms with E-state index in [1.807, 2.05) is 30.3 Å². The molecule has 2 N–H and O–H groups in total. The average molecular weight is 600 g/mol. The first-order valence-electron chi connectivity index (χ1n) is 14.1. The number of rotatable bonds is 11. The Morgan fingerprint density at radius 1 is 0.786 bits per heavy atom. The van der Waals surface area contributed by atoms with Gasteiger partial charge in [-0.2, -0.15) is 12.6 Å². The Labute approximate surface area is 255 Å². The summed E-state index contributed by atoms with van der Waals surface area (Å²) in [5, 5.41) is 5.45. The van der Waals surface area contributed by atoms with Crippen LogP contribution in [0.3, 0.4) is 0 Å². The fourth-order valence-corrected chi connectivity index (χ4v) is 4.48. The topological polar surface area (TPSA) is 114 Å². The van der Waals surface area contributed by atoms with Crippen molar-refractivity contribution >= 4 is 36.5 Å². The molecular formula is C32H45N3O6S. The van der Waals surface area contributed by atoms with Crippen molar-refractivity contribution in [3.63, 3.8) is 0 Å². The second-order valence-electron chi connectivity index (χ2n) is 12.3. The summed E-state index contributed by atoms with van der Waals surface area (Å²) in [7, 11) is 0. The van der Waals surface area contributed by atoms with Crippen LogP contribution < -0.4 is 10.6 Å². The van der Waals surface area contributed by atoms with Gasteiger partial charge in [-0.1, -0.05) is 60.7 Å². The molecule has 10 heteroatoms. The maximum absolute atomic E-state index is 14.1. The van der Waals surface area contributed by atoms with E-state index >= 15 is 0 Å². The minimum absolute atomic E-state index is 0.0288. The van der Waals surface area contributed by atoms with E-state index < -0.39 is 59.2 Å². The van der Waals surface area contributed by atoms with Crippen LogP contribution in [0.5, 0.6) is 0 Å². The zero-order chi connectivity index (χ0) is 31.7. The molecule has 0 radical (unpaired) electrons. The van der Waals surface area contributed by atoms with Crippen LogP contribution in [0.4, 0.5) is 4.79 Å². The van der Waals surface area contributed by atoms with Gasteiger partial charge in [0.05, 0.1) is 0 Å². The van der Waals surface area contributed by atoms with Crippen molar-refractivity contribution in [2.24, 2.45) is 0 Å². The summed E-state index contributed by atoms with van der Waals surface area (Å²) in [5.74, 6) is -1.70. The minimum Gasteiger partial charge on any atom is -0.458 e. The molecule has 0 saturated heterocycles. The SMILES string of the molecule is CC(C)N(C(=O)C(CS)NC(=O)OC(C)(C)C)C(C(=O)NC(Cc1ccccc1)C(=O)OC(C)(C)C)c1ccccc1. The second kappa shape index (κ2) is 15.1. The van der Waals surface area contributed by atoms with Gasteiger partial charge in [0.2, 0.25) is 11.8 Å². The van der Waals surface area contributed by atoms with Crippen LogP contribution >= 0.6 is 12.6 Å². The van der Waals surface area contributed by atoms with Gasteiger partial charge in [-0.25, -0.2) is 9.59 Å². The maximum Gasteiger partial charge on any atom is 0.408 e. The fraction of sp³-hybridized carbons (Fsp3) is 0.500. The van der Waals surface area contributed by atoms with Crippen molar-refractivity contribution in [3.8, 4) is 0 Å². The van der Waals surface area contributed by atoms with E-state index in [1.54, 1.807) is 85.7 Å². The van der Waals surface area contributed by atoms with Crippen molar-refractivity contribution < 1.29 is 28.7 Å². The number of hydrogen-bond donors (Lipinski definition) is 3. The van der Waals surface area contributed by atoms with Gasteiger partial charge < -0.3 is 25.0 Å². The number of alkyl carbamates (subject to hydrolysis) is 1. The summed E-state index contributed by atoms with van der Waals surface area (Å²) in [6, 6.07) is 14.4. The lowest BCUT2D eigenvalue weighted by atomic mass is 9.99. The third-order valence-corrected chi connectivity index (χ3v) is 6.28. The Hall–Kier alpha value is -3.53. The maximum atomic E-state index is 14.1. The van der Waals surface area contributed by atoms with Crippen molar-refractivity contribution in [1.82, 2.24) is 15.5 Å². The van der Waals surface area contributed by atoms with Gasteiger partial charge in [-0.15, -0.1) is 0 Å². The van der Waals surface area contributed by atoms with E-state index in [2.05, 4.69) is 23.3 Å². The Balaban J connectivity index is 2.49. The Morgan fingerprint density at radius 2 is 1.31 bits per heavy atom. The highest BCUT2D eigenvalue weighted by Crippen LogP contribution is 2.26. The molecule has 2 rings (SSSR count). The van der Waals surface area contributed by atoms with Gasteiger partial charge in [0.15, 0.2) is 0 Å². The number of carbonyl (C=O) groups excluding carboxylic acids is 4. The molecule has 230 valence electrons. The van der Waals surface area contributed by atoms with Gasteiger partial charge in [-0.05, 0) is 66.5 Å². The fourth-order valence-electron chi connectivity index (χ4n) is 4.24. The van der Waals surface area contributed by atoms with E-state index in [1.165, 1.54) is 4.90 Å². The van der Waals surface area contributed by atoms with E-state index in [9.17, 15) is 19.2 Å². The monoisotopic (exact) mass is 599 g/mol. The molecule has 0 fully saturated rings. The molecule has 3 amide bonds. The summed E-state index contributed by atoms with van der Waals surface area (Å²) >= 11 is 4.31. The van der Waals surface area contributed by atoms with Gasteiger partial charge in [0, 0.05) is 18.2 Å². The molecule has 42 heavy (non-hydrogen) atoms. The molecular weight excluding hydrogens is 554 g/mol. The summed E-state index contributed by atoms with van der Waals surface area (Å²) in [5.41, 5.74) is -0.176. The molecule has 3 unspecified atom stereocenters. The van der Waals surface area contributed by atoms with E-state index in [-0.39, 0.29) is 12.2 Å². The number of thiol groups is 1. The van der Waals surface area contributed by atoms with Crippen molar-refractivity contribution in [2.45, 2.75) is 97.2 Å². The molecule has 3 atom stereocenters. The van der Waals surface area contributed by atoms with Gasteiger partial charge >= 0.3 is 12.1 Å². The Kier molecular flexibility index (Phi) is 12.5. The van der Waals surface area contributed by atoms with E-state index in [4.69, 9.17) is 9.47 Å². The molecule has 9 nitrogen and oxygen atoms in total. The predicted octanol–water partition coefficient (Wildman–Crippen LogP) is 4.86. The summed E-state index contributed by atoms with van der Waals surface area (Å²) < 4.78 is 11.0. The van der Waals surface area contributed by atoms with Crippen molar-refractivity contribution in [2.75, 3.05) is 5.75 Å². The molecule has 0 spiro atoms. The number of nitrogens with zero attached hydrogens (tertiary/aromatic N) is 1. The molecule has 2 aromatic carbocycles. The molecule has 0 aliphatic rings. The summed E-state index contributed by atoms with van der Waals surface area (Å²) in [4.78, 5) is 55.3. The highest BCUT2D eigenvalue weighted by molar-refractivity contribution is 7.80. The van der Waals surface area contributed by atoms with Gasteiger partial charge in [0.1, 0.15) is 29.3 Å². The third-order valence-electron chi connectivity index (χ3n) is 5.91. The van der Waals surface area contributed by atoms with Crippen LogP contribution in [0.1, 0.15) is 72.6 Å². The largest absolute Gasteiger partial charge is 0.458 e. The first kappa shape index (κ1) is 34.7. The Bertz CT molecular complexity index is 1190. The molecule has 0 aliphatic heterocycles. The van der Waals surface area contributed by atoms with Crippen LogP contribution in [-0.2, 0) is 30.3 Å². The number of esters is 1. The third kappa shape index (κ3) is 11.0. The zero-order valence-electron chi connectivity index (χ0n) is 25.8. The lowest BCUT2D eigenvalue weighted by Crippen LogP contribution is -2.57. The average Bonchev–Trinajstić information content (AvgIpc) is 2.88. The molecule has 0 heterocycles. The molecule has 2 aromatic rings. The number of ether oxygens (including phenoxy) is 2. The van der Waals surface area contributed by atoms with Crippen LogP contribution in [0.2, 0.25) is 0 Å². The second-order valence-corrected chi connectivity index (χ2v) is 12.7. The van der Waals surface area contributed by atoms with Crippen molar-refractivity contribution in [3.05, 3.63) is 71.8 Å². The lowest BCUT2D eigenvalue weighted by molar-refractivity contribution is -0.159. The predicted molar refractivity (Wildman–Crippen MR) is 166 cm³/mol. The van der Waals surface area contributed by atoms with Gasteiger partial charge in [-0.3, -0.25) is 9.59 Å². The van der Waals surface area contributed by atoms with E-state index in [0.717, 1.165) is 5.56 Å². The first-order valence-corrected chi connectivity index (χ1v) is 14.7. The van der Waals surface area contributed by atoms with Crippen LogP contribution in [-0.4, -0.2) is 63.9 Å². The number of amides is 3. The number of carbonyl (C=O) groups is 4. The summed E-state index contributed by atoms with van der Waals surface area (Å²) in [6.07, 6.45) is -0.579. The number of nitrogens with one attached hydrogen (secondary N) is 2. The molecule has 0 saturated carbocycles. The van der Waals surface area contributed by atoms with Crippen LogP contribution in [0, 0.1) is 0 Å². The zero-order valence-corrected chi connectivity index (χ0v) is 26.7. The van der Waals surface area contributed by atoms with Gasteiger partial charge in [0.25, 0.3) is 0 Å². The Morgan fingerprint density at radius 3 is 1.79 bits per heavy atom. The van der Waals surface area contributed by atoms with Crippen LogP contribution in [0.25, 0.3) is 0 Å². The standard InChI is InChI=1S/C32H45N3O6S/c1-21(2)35(28(37)25(20-42)34-30(39)41-32(6,7)8)26(23-17-13-10-14-18-23)27(36)33-24(29(38)40-31(3,4)5)19-22-15-11-9-12-16-22/h9-18,21,24-26,42H,19-20H2,1-8H3,(H,33,36)(H,34,39). The molecule has 0 aliphatic carbocycles. The number of hydrogen-bond acceptors (Lipinski definition) is 7. The summed E-state index contributed by atoms with van der Waals surface area (Å²) in [6.45, 7) is 14.0. The quantitative estimate of drug-likeness (QED) is 0.251. The normalized spacial score (nSPS) is 13.9. The lowest BCUT2D eigenvalue weighted by Gasteiger charge is -2.37. The van der Waals surface area contributed by atoms with E-state index in [0.29, 0.717) is 5.56 Å². The van der Waals surface area contributed by atoms with Crippen LogP contribution in [0.15, 0.2) is 60.7 Å². The highest BCUT2D eigenvalue weighted by Gasteiger charge is 2.39. The first-order chi connectivity index (χ1) is 19.5. The number of benzene rings is 2. The molecule has 0 bridgehead atoms. The molecule has 0 aromatic heterocycles. The van der Waals surface area contributed by atoms with Crippen molar-refractivity contribution in [1.29, 1.82) is 0 Å². The highest BCUT2D eigenvalue weighted by atomic mass is 32.1. The minimum atomic E-state index is -1.12.